The van der Waals surface area contributed by atoms with Crippen molar-refractivity contribution in [2.45, 2.75) is 5.41 Å². The minimum atomic E-state index is -0.466. The van der Waals surface area contributed by atoms with E-state index < -0.39 is 5.41 Å². The first-order valence-corrected chi connectivity index (χ1v) is 15.4. The minimum absolute atomic E-state index is 0.466. The summed E-state index contributed by atoms with van der Waals surface area (Å²) in [6, 6.07) is 64.7. The summed E-state index contributed by atoms with van der Waals surface area (Å²) >= 11 is 0. The molecule has 0 amide bonds. The van der Waals surface area contributed by atoms with Crippen molar-refractivity contribution in [3.05, 3.63) is 198 Å². The molecule has 7 aromatic rings. The summed E-state index contributed by atoms with van der Waals surface area (Å²) in [6.07, 6.45) is 0. The lowest BCUT2D eigenvalue weighted by atomic mass is 9.66. The fraction of sp³-hybridized carbons (Fsp3) is 0.0233. The van der Waals surface area contributed by atoms with E-state index in [0.29, 0.717) is 0 Å². The molecule has 0 saturated heterocycles. The van der Waals surface area contributed by atoms with Crippen LogP contribution in [0.15, 0.2) is 176 Å². The van der Waals surface area contributed by atoms with Crippen molar-refractivity contribution in [3.8, 4) is 44.5 Å². The van der Waals surface area contributed by atoms with Gasteiger partial charge in [-0.05, 0) is 72.8 Å². The molecular weight excluding hydrogens is 527 g/mol. The summed E-state index contributed by atoms with van der Waals surface area (Å²) in [6.45, 7) is 0. The Hall–Kier alpha value is -5.40. The highest BCUT2D eigenvalue weighted by atomic mass is 14.5. The Kier molecular flexibility index (Phi) is 6.39. The first-order chi connectivity index (χ1) is 21.7. The Morgan fingerprint density at radius 2 is 0.682 bits per heavy atom. The van der Waals surface area contributed by atoms with Crippen LogP contribution in [0.2, 0.25) is 0 Å². The topological polar surface area (TPSA) is 0 Å². The number of rotatable bonds is 5. The van der Waals surface area contributed by atoms with Crippen LogP contribution in [-0.2, 0) is 5.41 Å². The fourth-order valence-corrected chi connectivity index (χ4v) is 7.12. The van der Waals surface area contributed by atoms with E-state index in [1.54, 1.807) is 0 Å². The largest absolute Gasteiger partial charge is 0.139 e. The third-order valence-corrected chi connectivity index (χ3v) is 9.25. The summed E-state index contributed by atoms with van der Waals surface area (Å²) in [7, 11) is 2.21. The zero-order chi connectivity index (χ0) is 29.5. The van der Waals surface area contributed by atoms with Crippen molar-refractivity contribution < 1.29 is 0 Å². The second-order valence-electron chi connectivity index (χ2n) is 11.8. The van der Waals surface area contributed by atoms with Gasteiger partial charge in [0.25, 0.3) is 0 Å². The molecule has 0 N–H and O–H groups in total. The smallest absolute Gasteiger partial charge is 0.0886 e. The molecular formula is C43H31B. The summed E-state index contributed by atoms with van der Waals surface area (Å²) in [5.74, 6) is 0. The quantitative estimate of drug-likeness (QED) is 0.185. The van der Waals surface area contributed by atoms with Crippen LogP contribution < -0.4 is 5.46 Å². The number of hydrogen-bond acceptors (Lipinski definition) is 0. The van der Waals surface area contributed by atoms with E-state index in [9.17, 15) is 0 Å². The van der Waals surface area contributed by atoms with Gasteiger partial charge in [-0.25, -0.2) is 0 Å². The monoisotopic (exact) mass is 558 g/mol. The van der Waals surface area contributed by atoms with Gasteiger partial charge in [0.2, 0.25) is 0 Å². The second-order valence-corrected chi connectivity index (χ2v) is 11.8. The van der Waals surface area contributed by atoms with E-state index in [1.165, 1.54) is 72.2 Å². The van der Waals surface area contributed by atoms with Crippen LogP contribution in [0.4, 0.5) is 0 Å². The molecule has 0 fully saturated rings. The van der Waals surface area contributed by atoms with Crippen LogP contribution in [0, 0.1) is 0 Å². The third kappa shape index (κ3) is 4.24. The summed E-state index contributed by atoms with van der Waals surface area (Å²) < 4.78 is 0. The zero-order valence-electron chi connectivity index (χ0n) is 24.7. The van der Waals surface area contributed by atoms with Crippen molar-refractivity contribution in [3.63, 3.8) is 0 Å². The van der Waals surface area contributed by atoms with Crippen molar-refractivity contribution in [1.29, 1.82) is 0 Å². The van der Waals surface area contributed by atoms with Crippen molar-refractivity contribution in [2.24, 2.45) is 0 Å². The number of benzene rings is 7. The van der Waals surface area contributed by atoms with Crippen molar-refractivity contribution in [1.82, 2.24) is 0 Å². The first kappa shape index (κ1) is 26.2. The molecule has 0 aliphatic heterocycles. The Labute approximate surface area is 260 Å². The predicted molar refractivity (Wildman–Crippen MR) is 188 cm³/mol. The summed E-state index contributed by atoms with van der Waals surface area (Å²) in [5, 5.41) is 0. The lowest BCUT2D eigenvalue weighted by Crippen LogP contribution is -2.29. The van der Waals surface area contributed by atoms with E-state index in [2.05, 4.69) is 184 Å². The van der Waals surface area contributed by atoms with Crippen LogP contribution in [0.25, 0.3) is 44.5 Å². The summed E-state index contributed by atoms with van der Waals surface area (Å²) in [4.78, 5) is 0. The van der Waals surface area contributed by atoms with Gasteiger partial charge in [0.1, 0.15) is 7.85 Å². The molecule has 1 aliphatic rings. The first-order valence-electron chi connectivity index (χ1n) is 15.4. The van der Waals surface area contributed by atoms with E-state index in [4.69, 9.17) is 0 Å². The fourth-order valence-electron chi connectivity index (χ4n) is 7.12. The Bertz CT molecular complexity index is 1990. The van der Waals surface area contributed by atoms with E-state index in [0.717, 1.165) is 0 Å². The molecule has 0 atom stereocenters. The van der Waals surface area contributed by atoms with Crippen LogP contribution >= 0.6 is 0 Å². The molecule has 0 aromatic heterocycles. The molecule has 0 bridgehead atoms. The SMILES string of the molecule is Bc1ccc2c(c1)C(c1ccc(-c3ccccc3)cc1)(c1ccc(-c3ccccc3)cc1)c1cc(-c3ccccc3)ccc1-2. The minimum Gasteiger partial charge on any atom is -0.0886 e. The maximum absolute atomic E-state index is 2.44. The Balaban J connectivity index is 1.41. The molecule has 0 spiro atoms. The second kappa shape index (κ2) is 10.7. The van der Waals surface area contributed by atoms with Gasteiger partial charge in [-0.3, -0.25) is 0 Å². The average molecular weight is 559 g/mol. The Morgan fingerprint density at radius 1 is 0.318 bits per heavy atom. The van der Waals surface area contributed by atoms with Crippen LogP contribution in [0.5, 0.6) is 0 Å². The van der Waals surface area contributed by atoms with Crippen LogP contribution in [0.3, 0.4) is 0 Å². The van der Waals surface area contributed by atoms with Gasteiger partial charge in [-0.1, -0.05) is 175 Å². The molecule has 8 rings (SSSR count). The highest BCUT2D eigenvalue weighted by Crippen LogP contribution is 2.56. The summed E-state index contributed by atoms with van der Waals surface area (Å²) in [5.41, 5.74) is 16.0. The average Bonchev–Trinajstić information content (AvgIpc) is 3.39. The number of hydrogen-bond donors (Lipinski definition) is 0. The molecule has 0 nitrogen and oxygen atoms in total. The lowest BCUT2D eigenvalue weighted by molar-refractivity contribution is 0.770. The molecule has 0 heterocycles. The molecule has 44 heavy (non-hydrogen) atoms. The predicted octanol–water partition coefficient (Wildman–Crippen LogP) is 9.31. The van der Waals surface area contributed by atoms with Gasteiger partial charge in [-0.2, -0.15) is 0 Å². The van der Waals surface area contributed by atoms with E-state index in [1.807, 2.05) is 0 Å². The van der Waals surface area contributed by atoms with Gasteiger partial charge in [-0.15, -0.1) is 0 Å². The highest BCUT2D eigenvalue weighted by molar-refractivity contribution is 6.32. The number of fused-ring (bicyclic) bond motifs is 3. The van der Waals surface area contributed by atoms with Gasteiger partial charge in [0, 0.05) is 0 Å². The van der Waals surface area contributed by atoms with Gasteiger partial charge >= 0.3 is 0 Å². The third-order valence-electron chi connectivity index (χ3n) is 9.25. The zero-order valence-corrected chi connectivity index (χ0v) is 24.7. The Morgan fingerprint density at radius 3 is 1.16 bits per heavy atom. The van der Waals surface area contributed by atoms with Crippen molar-refractivity contribution >= 4 is 13.3 Å². The molecule has 0 unspecified atom stereocenters. The highest BCUT2D eigenvalue weighted by Gasteiger charge is 2.46. The lowest BCUT2D eigenvalue weighted by Gasteiger charge is -2.34. The van der Waals surface area contributed by atoms with Gasteiger partial charge in [0.05, 0.1) is 5.41 Å². The standard InChI is InChI=1S/C43H31B/c44-38-25-27-40-39-26-20-35(32-14-8-3-9-15-32)28-41(39)43(42(40)29-38,36-21-16-33(17-22-36)30-10-4-1-5-11-30)37-23-18-34(19-24-37)31-12-6-2-7-13-31/h1-29H,44H2. The molecule has 0 radical (unpaired) electrons. The molecule has 1 heteroatoms. The molecule has 206 valence electrons. The maximum atomic E-state index is 2.44. The van der Waals surface area contributed by atoms with Gasteiger partial charge in [0.15, 0.2) is 0 Å². The van der Waals surface area contributed by atoms with Crippen molar-refractivity contribution in [2.75, 3.05) is 0 Å². The maximum Gasteiger partial charge on any atom is 0.139 e. The normalized spacial score (nSPS) is 12.8. The van der Waals surface area contributed by atoms with E-state index in [-0.39, 0.29) is 0 Å². The van der Waals surface area contributed by atoms with Crippen LogP contribution in [0.1, 0.15) is 22.3 Å². The van der Waals surface area contributed by atoms with Crippen LogP contribution in [-0.4, -0.2) is 7.85 Å². The molecule has 0 saturated carbocycles. The van der Waals surface area contributed by atoms with Gasteiger partial charge < -0.3 is 0 Å². The van der Waals surface area contributed by atoms with E-state index >= 15 is 0 Å². The molecule has 1 aliphatic carbocycles. The molecule has 7 aromatic carbocycles.